The van der Waals surface area contributed by atoms with Crippen LogP contribution in [-0.2, 0) is 23.2 Å². The van der Waals surface area contributed by atoms with E-state index < -0.39 is 22.2 Å². The van der Waals surface area contributed by atoms with Crippen LogP contribution in [0.25, 0.3) is 0 Å². The zero-order valence-corrected chi connectivity index (χ0v) is 40.5. The largest absolute Gasteiger partial charge is 0.469 e. The van der Waals surface area contributed by atoms with Crippen molar-refractivity contribution in [2.24, 2.45) is 11.8 Å². The zero-order chi connectivity index (χ0) is 44.2. The smallest absolute Gasteiger partial charge is 0.305 e. The normalized spacial score (nSPS) is 18.8. The van der Waals surface area contributed by atoms with Crippen molar-refractivity contribution in [3.63, 3.8) is 0 Å². The summed E-state index contributed by atoms with van der Waals surface area (Å²) in [6.07, 6.45) is 15.5. The summed E-state index contributed by atoms with van der Waals surface area (Å²) in [6.45, 7) is 18.4. The van der Waals surface area contributed by atoms with Crippen LogP contribution in [-0.4, -0.2) is 47.2 Å². The fourth-order valence-corrected chi connectivity index (χ4v) is 19.1. The number of Topliss-reactive ketones (excluding diaryl/α,β-unsaturated/α-hetero) is 1. The highest BCUT2D eigenvalue weighted by Gasteiger charge is 2.56. The molecule has 61 heavy (non-hydrogen) atoms. The number of hydrogen-bond donors (Lipinski definition) is 0. The lowest BCUT2D eigenvalue weighted by Gasteiger charge is -2.48. The van der Waals surface area contributed by atoms with Gasteiger partial charge in [0, 0.05) is 24.7 Å². The molecule has 4 aromatic carbocycles. The number of esters is 1. The lowest BCUT2D eigenvalue weighted by molar-refractivity contribution is -0.140. The number of benzene rings is 4. The van der Waals surface area contributed by atoms with Gasteiger partial charge in [-0.2, -0.15) is 0 Å². The van der Waals surface area contributed by atoms with E-state index in [9.17, 15) is 9.59 Å². The molecule has 0 aliphatic heterocycles. The third kappa shape index (κ3) is 11.3. The molecular weight excluding hydrogens is 785 g/mol. The van der Waals surface area contributed by atoms with Gasteiger partial charge in [-0.3, -0.25) is 9.59 Å². The maximum atomic E-state index is 14.7. The molecule has 1 aliphatic carbocycles. The number of carbonyl (C=O) groups is 2. The number of ketones is 1. The molecule has 4 atom stereocenters. The van der Waals surface area contributed by atoms with Gasteiger partial charge in [-0.1, -0.05) is 213 Å². The topological polar surface area (TPSA) is 61.8 Å². The predicted molar refractivity (Wildman–Crippen MR) is 259 cm³/mol. The summed E-state index contributed by atoms with van der Waals surface area (Å²) >= 11 is 0. The highest BCUT2D eigenvalue weighted by atomic mass is 28.4. The lowest BCUT2D eigenvalue weighted by Crippen LogP contribution is -2.69. The fourth-order valence-electron chi connectivity index (χ4n) is 9.59. The van der Waals surface area contributed by atoms with Gasteiger partial charge in [0.1, 0.15) is 5.78 Å². The average Bonchev–Trinajstić information content (AvgIpc) is 3.55. The molecule has 7 heteroatoms. The number of rotatable bonds is 20. The van der Waals surface area contributed by atoms with Gasteiger partial charge in [0.15, 0.2) is 0 Å². The number of ether oxygens (including phenoxy) is 1. The first-order valence-electron chi connectivity index (χ1n) is 22.7. The minimum absolute atomic E-state index is 0.0880. The van der Waals surface area contributed by atoms with Gasteiger partial charge in [0.05, 0.1) is 18.8 Å². The Morgan fingerprint density at radius 2 is 1.15 bits per heavy atom. The van der Waals surface area contributed by atoms with Gasteiger partial charge in [0.25, 0.3) is 16.6 Å². The van der Waals surface area contributed by atoms with Gasteiger partial charge in [0.2, 0.25) is 0 Å². The van der Waals surface area contributed by atoms with Gasteiger partial charge >= 0.3 is 5.97 Å². The number of methoxy groups -OCH3 is 1. The van der Waals surface area contributed by atoms with E-state index in [0.29, 0.717) is 25.7 Å². The van der Waals surface area contributed by atoms with Crippen LogP contribution >= 0.6 is 0 Å². The Kier molecular flexibility index (Phi) is 16.7. The fraction of sp³-hybridized carbons (Fsp3) is 0.444. The highest BCUT2D eigenvalue weighted by Crippen LogP contribution is 2.45. The van der Waals surface area contributed by atoms with Crippen LogP contribution in [0.15, 0.2) is 146 Å². The minimum Gasteiger partial charge on any atom is -0.469 e. The van der Waals surface area contributed by atoms with E-state index in [-0.39, 0.29) is 39.8 Å². The molecule has 326 valence electrons. The van der Waals surface area contributed by atoms with Crippen molar-refractivity contribution in [1.29, 1.82) is 0 Å². The maximum absolute atomic E-state index is 14.7. The van der Waals surface area contributed by atoms with Crippen molar-refractivity contribution in [2.75, 3.05) is 7.11 Å². The lowest BCUT2D eigenvalue weighted by atomic mass is 9.88. The molecule has 0 bridgehead atoms. The summed E-state index contributed by atoms with van der Waals surface area (Å²) in [5.74, 6) is -0.420. The Labute approximate surface area is 370 Å². The molecule has 1 saturated carbocycles. The summed E-state index contributed by atoms with van der Waals surface area (Å²) in [5.41, 5.74) is -0.647. The van der Waals surface area contributed by atoms with Gasteiger partial charge in [-0.05, 0) is 63.4 Å². The van der Waals surface area contributed by atoms with Crippen molar-refractivity contribution >= 4 is 49.1 Å². The zero-order valence-electron chi connectivity index (χ0n) is 38.5. The number of unbranched alkanes of at least 4 members (excludes halogenated alkanes) is 3. The molecule has 1 fully saturated rings. The van der Waals surface area contributed by atoms with Crippen LogP contribution in [0.1, 0.15) is 113 Å². The van der Waals surface area contributed by atoms with Crippen molar-refractivity contribution in [2.45, 2.75) is 135 Å². The third-order valence-electron chi connectivity index (χ3n) is 12.7. The Bertz CT molecular complexity index is 1940. The maximum Gasteiger partial charge on any atom is 0.305 e. The summed E-state index contributed by atoms with van der Waals surface area (Å²) < 4.78 is 20.6. The van der Waals surface area contributed by atoms with E-state index in [1.165, 1.54) is 27.9 Å². The minimum atomic E-state index is -2.97. The van der Waals surface area contributed by atoms with Gasteiger partial charge < -0.3 is 13.6 Å². The summed E-state index contributed by atoms with van der Waals surface area (Å²) in [4.78, 5) is 26.5. The second-order valence-corrected chi connectivity index (χ2v) is 27.7. The van der Waals surface area contributed by atoms with Crippen LogP contribution in [0.5, 0.6) is 0 Å². The van der Waals surface area contributed by atoms with Crippen LogP contribution in [0.3, 0.4) is 0 Å². The highest BCUT2D eigenvalue weighted by molar-refractivity contribution is 7.00. The number of hydrogen-bond acceptors (Lipinski definition) is 5. The molecule has 0 heterocycles. The third-order valence-corrected chi connectivity index (χ3v) is 23.0. The predicted octanol–water partition coefficient (Wildman–Crippen LogP) is 10.9. The Balaban J connectivity index is 1.61. The molecule has 5 nitrogen and oxygen atoms in total. The molecule has 0 amide bonds. The van der Waals surface area contributed by atoms with E-state index in [4.69, 9.17) is 13.6 Å². The van der Waals surface area contributed by atoms with E-state index in [0.717, 1.165) is 32.1 Å². The molecule has 0 radical (unpaired) electrons. The Morgan fingerprint density at radius 3 is 1.59 bits per heavy atom. The second-order valence-electron chi connectivity index (χ2n) is 19.2. The molecule has 0 aromatic heterocycles. The SMILES string of the molecule is CCCCCC(C)(C=C[C@@H]1C(=O)C[C@@H](O[Si](c2ccccc2)(c2ccccc2)C(C)(C)C)[C@@H]1CC=CCCCC(=O)OC)O[Si](c1ccccc1)(c1ccccc1)C(C)(C)C. The Morgan fingerprint density at radius 1 is 0.672 bits per heavy atom. The van der Waals surface area contributed by atoms with Gasteiger partial charge in [-0.15, -0.1) is 0 Å². The van der Waals surface area contributed by atoms with Crippen LogP contribution in [0.4, 0.5) is 0 Å². The van der Waals surface area contributed by atoms with E-state index >= 15 is 0 Å². The van der Waals surface area contributed by atoms with E-state index in [1.807, 2.05) is 0 Å². The Hall–Kier alpha value is -4.15. The molecule has 4 aromatic rings. The second kappa shape index (κ2) is 21.3. The first-order chi connectivity index (χ1) is 29.1. The first-order valence-corrected chi connectivity index (χ1v) is 26.5. The van der Waals surface area contributed by atoms with Gasteiger partial charge in [-0.25, -0.2) is 0 Å². The molecule has 1 unspecified atom stereocenters. The monoisotopic (exact) mass is 856 g/mol. The quantitative estimate of drug-likeness (QED) is 0.0383. The molecule has 5 rings (SSSR count). The van der Waals surface area contributed by atoms with Crippen LogP contribution in [0, 0.1) is 11.8 Å². The average molecular weight is 857 g/mol. The molecule has 0 N–H and O–H groups in total. The van der Waals surface area contributed by atoms with E-state index in [1.54, 1.807) is 0 Å². The van der Waals surface area contributed by atoms with Crippen molar-refractivity contribution in [1.82, 2.24) is 0 Å². The number of allylic oxidation sites excluding steroid dienone is 3. The van der Waals surface area contributed by atoms with Crippen molar-refractivity contribution < 1.29 is 23.2 Å². The summed E-state index contributed by atoms with van der Waals surface area (Å²) in [5, 5.41) is 4.47. The van der Waals surface area contributed by atoms with Crippen molar-refractivity contribution in [3.05, 3.63) is 146 Å². The van der Waals surface area contributed by atoms with Crippen LogP contribution < -0.4 is 20.7 Å². The molecular formula is C54H72O5Si2. The number of carbonyl (C=O) groups excluding carboxylic acids is 2. The molecule has 1 aliphatic rings. The summed E-state index contributed by atoms with van der Waals surface area (Å²) in [6, 6.07) is 43.2. The summed E-state index contributed by atoms with van der Waals surface area (Å²) in [7, 11) is -4.48. The first kappa shape index (κ1) is 47.9. The van der Waals surface area contributed by atoms with Crippen molar-refractivity contribution in [3.8, 4) is 0 Å². The standard InChI is InChI=1S/C54H72O5Si2/c1-10-11-28-40-54(8,59-61(53(5,6)7,45-33-22-16-23-34-45)46-35-24-17-25-36-46)41-39-47-48(37-26-12-13-27-38-51(56)57-9)50(42-49(47)55)58-60(52(2,3)4,43-29-18-14-19-30-43)44-31-20-15-21-32-44/h12,14-26,29-36,39,41,47-48,50H,10-11,13,27-28,37-38,40,42H2,1-9H3/t47-,48+,50+,54?/m0/s1. The molecule has 0 spiro atoms. The molecule has 0 saturated heterocycles. The van der Waals surface area contributed by atoms with E-state index in [2.05, 4.69) is 201 Å². The van der Waals surface area contributed by atoms with Crippen LogP contribution in [0.2, 0.25) is 10.1 Å².